The highest BCUT2D eigenvalue weighted by atomic mass is 14.8. The largest absolute Gasteiger partial charge is 0.258 e. The van der Waals surface area contributed by atoms with Crippen molar-refractivity contribution in [2.45, 2.75) is 47.5 Å². The van der Waals surface area contributed by atoms with Crippen LogP contribution in [0.25, 0.3) is 6.08 Å². The fourth-order valence-corrected chi connectivity index (χ4v) is 2.70. The van der Waals surface area contributed by atoms with Crippen LogP contribution in [0.15, 0.2) is 34.5 Å². The third-order valence-electron chi connectivity index (χ3n) is 3.39. The molecule has 0 aliphatic heterocycles. The molecule has 0 radical (unpaired) electrons. The lowest BCUT2D eigenvalue weighted by molar-refractivity contribution is 1.11. The van der Waals surface area contributed by atoms with Crippen LogP contribution in [-0.4, -0.2) is 5.71 Å². The summed E-state index contributed by atoms with van der Waals surface area (Å²) in [5.74, 6) is 0. The molecule has 0 aromatic heterocycles. The van der Waals surface area contributed by atoms with Gasteiger partial charge in [0.15, 0.2) is 0 Å². The molecule has 0 bridgehead atoms. The average Bonchev–Trinajstić information content (AvgIpc) is 2.71. The van der Waals surface area contributed by atoms with E-state index in [1.807, 2.05) is 0 Å². The summed E-state index contributed by atoms with van der Waals surface area (Å²) >= 11 is 0. The summed E-state index contributed by atoms with van der Waals surface area (Å²) in [6.07, 6.45) is 6.59. The second-order valence-electron chi connectivity index (χ2n) is 5.56. The zero-order valence-corrected chi connectivity index (χ0v) is 12.7. The minimum absolute atomic E-state index is 1.01. The van der Waals surface area contributed by atoms with E-state index >= 15 is 0 Å². The molecule has 0 spiro atoms. The molecule has 0 saturated heterocycles. The molecule has 0 amide bonds. The van der Waals surface area contributed by atoms with Crippen molar-refractivity contribution in [1.29, 1.82) is 0 Å². The van der Waals surface area contributed by atoms with Crippen LogP contribution in [0.5, 0.6) is 0 Å². The maximum Gasteiger partial charge on any atom is 0.0624 e. The van der Waals surface area contributed by atoms with Crippen molar-refractivity contribution >= 4 is 11.8 Å². The number of allylic oxidation sites excluding steroid dienone is 2. The topological polar surface area (TPSA) is 12.4 Å². The van der Waals surface area contributed by atoms with Gasteiger partial charge in [0.2, 0.25) is 0 Å². The van der Waals surface area contributed by atoms with E-state index in [0.29, 0.717) is 0 Å². The Morgan fingerprint density at radius 2 is 2.00 bits per heavy atom. The Hall–Kier alpha value is -1.63. The van der Waals surface area contributed by atoms with Gasteiger partial charge in [-0.25, -0.2) is 0 Å². The Morgan fingerprint density at radius 3 is 2.63 bits per heavy atom. The van der Waals surface area contributed by atoms with Crippen molar-refractivity contribution in [2.24, 2.45) is 4.99 Å². The first-order chi connectivity index (χ1) is 9.01. The SMILES string of the molecule is CC/C=C(\N=C(C)C)C1=Cc2c(C)cc(C)cc2C1. The average molecular weight is 253 g/mol. The van der Waals surface area contributed by atoms with Crippen molar-refractivity contribution in [3.63, 3.8) is 0 Å². The van der Waals surface area contributed by atoms with E-state index in [-0.39, 0.29) is 0 Å². The van der Waals surface area contributed by atoms with Gasteiger partial charge in [-0.05, 0) is 62.5 Å². The molecular formula is C18H23N. The normalized spacial score (nSPS) is 14.2. The van der Waals surface area contributed by atoms with Crippen molar-refractivity contribution in [1.82, 2.24) is 0 Å². The lowest BCUT2D eigenvalue weighted by Gasteiger charge is -2.05. The molecule has 0 fully saturated rings. The third-order valence-corrected chi connectivity index (χ3v) is 3.39. The van der Waals surface area contributed by atoms with Gasteiger partial charge in [-0.2, -0.15) is 0 Å². The van der Waals surface area contributed by atoms with Crippen molar-refractivity contribution in [3.8, 4) is 0 Å². The molecule has 0 atom stereocenters. The second-order valence-corrected chi connectivity index (χ2v) is 5.56. The van der Waals surface area contributed by atoms with E-state index in [1.165, 1.54) is 27.8 Å². The monoisotopic (exact) mass is 253 g/mol. The third kappa shape index (κ3) is 3.04. The second kappa shape index (κ2) is 5.56. The minimum atomic E-state index is 1.01. The molecule has 0 unspecified atom stereocenters. The van der Waals surface area contributed by atoms with Crippen LogP contribution in [0.4, 0.5) is 0 Å². The molecule has 1 nitrogen and oxygen atoms in total. The van der Waals surface area contributed by atoms with E-state index in [1.54, 1.807) is 0 Å². The van der Waals surface area contributed by atoms with Crippen LogP contribution < -0.4 is 0 Å². The van der Waals surface area contributed by atoms with E-state index in [0.717, 1.165) is 24.3 Å². The van der Waals surface area contributed by atoms with Crippen LogP contribution in [0.3, 0.4) is 0 Å². The van der Waals surface area contributed by atoms with Gasteiger partial charge in [-0.1, -0.05) is 30.7 Å². The van der Waals surface area contributed by atoms with E-state index < -0.39 is 0 Å². The fourth-order valence-electron chi connectivity index (χ4n) is 2.70. The molecule has 100 valence electrons. The molecule has 0 saturated carbocycles. The zero-order valence-electron chi connectivity index (χ0n) is 12.7. The first-order valence-electron chi connectivity index (χ1n) is 7.04. The van der Waals surface area contributed by atoms with E-state index in [4.69, 9.17) is 4.99 Å². The molecule has 1 heteroatoms. The zero-order chi connectivity index (χ0) is 14.0. The summed E-state index contributed by atoms with van der Waals surface area (Å²) in [6, 6.07) is 4.56. The highest BCUT2D eigenvalue weighted by Crippen LogP contribution is 2.33. The standard InChI is InChI=1S/C18H23N/c1-6-7-18(19-12(2)3)16-10-15-9-13(4)8-14(5)17(15)11-16/h7-9,11H,6,10H2,1-5H3/b18-7-. The summed E-state index contributed by atoms with van der Waals surface area (Å²) in [6.45, 7) is 10.6. The molecule has 0 heterocycles. The molecule has 2 rings (SSSR count). The molecule has 19 heavy (non-hydrogen) atoms. The lowest BCUT2D eigenvalue weighted by Crippen LogP contribution is -1.92. The minimum Gasteiger partial charge on any atom is -0.258 e. The highest BCUT2D eigenvalue weighted by Gasteiger charge is 2.17. The van der Waals surface area contributed by atoms with Gasteiger partial charge < -0.3 is 0 Å². The number of hydrogen-bond acceptors (Lipinski definition) is 1. The number of benzene rings is 1. The molecule has 1 aromatic rings. The van der Waals surface area contributed by atoms with Gasteiger partial charge in [0.1, 0.15) is 0 Å². The van der Waals surface area contributed by atoms with Gasteiger partial charge >= 0.3 is 0 Å². The van der Waals surface area contributed by atoms with Gasteiger partial charge in [0.25, 0.3) is 0 Å². The van der Waals surface area contributed by atoms with E-state index in [9.17, 15) is 0 Å². The Kier molecular flexibility index (Phi) is 4.04. The summed E-state index contributed by atoms with van der Waals surface area (Å²) < 4.78 is 0. The number of rotatable bonds is 3. The van der Waals surface area contributed by atoms with E-state index in [2.05, 4.69) is 58.9 Å². The quantitative estimate of drug-likeness (QED) is 0.671. The smallest absolute Gasteiger partial charge is 0.0624 e. The Balaban J connectivity index is 2.41. The first kappa shape index (κ1) is 13.8. The van der Waals surface area contributed by atoms with Crippen molar-refractivity contribution in [3.05, 3.63) is 51.7 Å². The number of aryl methyl sites for hydroxylation is 2. The molecule has 1 aliphatic carbocycles. The van der Waals surface area contributed by atoms with Crippen molar-refractivity contribution < 1.29 is 0 Å². The maximum atomic E-state index is 4.69. The van der Waals surface area contributed by atoms with Crippen LogP contribution >= 0.6 is 0 Å². The van der Waals surface area contributed by atoms with Crippen LogP contribution in [-0.2, 0) is 6.42 Å². The van der Waals surface area contributed by atoms with Gasteiger partial charge in [0.05, 0.1) is 5.70 Å². The summed E-state index contributed by atoms with van der Waals surface area (Å²) in [5, 5.41) is 0. The fraction of sp³-hybridized carbons (Fsp3) is 0.389. The predicted molar refractivity (Wildman–Crippen MR) is 84.8 cm³/mol. The van der Waals surface area contributed by atoms with Crippen LogP contribution in [0.1, 0.15) is 49.4 Å². The van der Waals surface area contributed by atoms with Crippen LogP contribution in [0.2, 0.25) is 0 Å². The van der Waals surface area contributed by atoms with Crippen LogP contribution in [0, 0.1) is 13.8 Å². The predicted octanol–water partition coefficient (Wildman–Crippen LogP) is 5.02. The Bertz CT molecular complexity index is 582. The molecule has 0 N–H and O–H groups in total. The Morgan fingerprint density at radius 1 is 1.26 bits per heavy atom. The highest BCUT2D eigenvalue weighted by molar-refractivity contribution is 5.81. The molecule has 1 aromatic carbocycles. The maximum absolute atomic E-state index is 4.69. The number of hydrogen-bond donors (Lipinski definition) is 0. The summed E-state index contributed by atoms with van der Waals surface area (Å²) in [5.41, 5.74) is 9.18. The van der Waals surface area contributed by atoms with Gasteiger partial charge in [-0.3, -0.25) is 4.99 Å². The van der Waals surface area contributed by atoms with Gasteiger partial charge in [-0.15, -0.1) is 0 Å². The van der Waals surface area contributed by atoms with Crippen molar-refractivity contribution in [2.75, 3.05) is 0 Å². The number of fused-ring (bicyclic) bond motifs is 1. The number of nitrogens with zero attached hydrogens (tertiary/aromatic N) is 1. The Labute approximate surface area is 116 Å². The summed E-state index contributed by atoms with van der Waals surface area (Å²) in [4.78, 5) is 4.69. The van der Waals surface area contributed by atoms with Gasteiger partial charge in [0, 0.05) is 12.1 Å². The molecular weight excluding hydrogens is 230 g/mol. The molecule has 1 aliphatic rings. The summed E-state index contributed by atoms with van der Waals surface area (Å²) in [7, 11) is 0. The lowest BCUT2D eigenvalue weighted by atomic mass is 10.0. The number of aliphatic imine (C=N–C) groups is 1. The first-order valence-corrected chi connectivity index (χ1v) is 7.04.